The van der Waals surface area contributed by atoms with Crippen LogP contribution in [0.25, 0.3) is 0 Å². The molecule has 0 N–H and O–H groups in total. The van der Waals surface area contributed by atoms with Crippen molar-refractivity contribution in [1.82, 2.24) is 0 Å². The standard InChI is InChI=1S/C12H11NO/c13-8-11-7-10-4-2-1-3-9(10)5-6-12(11)14/h1-4,11H,5-7H2/t11-/m1/s1. The molecule has 2 heteroatoms. The van der Waals surface area contributed by atoms with Crippen molar-refractivity contribution in [2.24, 2.45) is 5.92 Å². The molecule has 0 aromatic heterocycles. The zero-order valence-corrected chi connectivity index (χ0v) is 7.86. The van der Waals surface area contributed by atoms with Gasteiger partial charge >= 0.3 is 0 Å². The Kier molecular flexibility index (Phi) is 2.32. The molecule has 2 rings (SSSR count). The monoisotopic (exact) mass is 185 g/mol. The van der Waals surface area contributed by atoms with E-state index in [0.717, 1.165) is 12.0 Å². The Balaban J connectivity index is 2.36. The maximum atomic E-state index is 11.5. The van der Waals surface area contributed by atoms with E-state index in [2.05, 4.69) is 6.07 Å². The Labute approximate surface area is 83.2 Å². The minimum atomic E-state index is -0.432. The van der Waals surface area contributed by atoms with Crippen LogP contribution in [-0.4, -0.2) is 5.78 Å². The Morgan fingerprint density at radius 2 is 1.93 bits per heavy atom. The van der Waals surface area contributed by atoms with Crippen molar-refractivity contribution in [2.75, 3.05) is 0 Å². The number of ketones is 1. The zero-order chi connectivity index (χ0) is 9.97. The summed E-state index contributed by atoms with van der Waals surface area (Å²) in [6, 6.07) is 10.1. The van der Waals surface area contributed by atoms with Crippen LogP contribution in [0, 0.1) is 17.2 Å². The second-order valence-electron chi connectivity index (χ2n) is 3.62. The summed E-state index contributed by atoms with van der Waals surface area (Å²) >= 11 is 0. The number of carbonyl (C=O) groups is 1. The maximum Gasteiger partial charge on any atom is 0.150 e. The van der Waals surface area contributed by atoms with Gasteiger partial charge in [0.1, 0.15) is 5.92 Å². The first kappa shape index (κ1) is 8.96. The molecule has 1 atom stereocenters. The van der Waals surface area contributed by atoms with Crippen LogP contribution >= 0.6 is 0 Å². The third kappa shape index (κ3) is 1.54. The summed E-state index contributed by atoms with van der Waals surface area (Å²) in [5.74, 6) is -0.345. The van der Waals surface area contributed by atoms with Crippen LogP contribution in [-0.2, 0) is 17.6 Å². The van der Waals surface area contributed by atoms with E-state index in [1.54, 1.807) is 0 Å². The number of nitrogens with zero attached hydrogens (tertiary/aromatic N) is 1. The van der Waals surface area contributed by atoms with Gasteiger partial charge in [-0.05, 0) is 24.0 Å². The average molecular weight is 185 g/mol. The Morgan fingerprint density at radius 3 is 2.64 bits per heavy atom. The highest BCUT2D eigenvalue weighted by molar-refractivity contribution is 5.84. The van der Waals surface area contributed by atoms with E-state index in [9.17, 15) is 4.79 Å². The Morgan fingerprint density at radius 1 is 1.21 bits per heavy atom. The van der Waals surface area contributed by atoms with Gasteiger partial charge in [-0.1, -0.05) is 24.3 Å². The summed E-state index contributed by atoms with van der Waals surface area (Å²) in [5.41, 5.74) is 2.38. The van der Waals surface area contributed by atoms with Crippen molar-refractivity contribution in [2.45, 2.75) is 19.3 Å². The molecule has 0 fully saturated rings. The fourth-order valence-corrected chi connectivity index (χ4v) is 1.88. The van der Waals surface area contributed by atoms with Crippen LogP contribution in [0.4, 0.5) is 0 Å². The molecule has 2 nitrogen and oxygen atoms in total. The first-order chi connectivity index (χ1) is 6.81. The summed E-state index contributed by atoms with van der Waals surface area (Å²) in [7, 11) is 0. The normalized spacial score (nSPS) is 20.8. The van der Waals surface area contributed by atoms with E-state index >= 15 is 0 Å². The number of Topliss-reactive ketones (excluding diaryl/α,β-unsaturated/α-hetero) is 1. The Hall–Kier alpha value is -1.62. The molecule has 0 saturated heterocycles. The Bertz CT molecular complexity index is 403. The molecular formula is C12H11NO. The molecule has 0 spiro atoms. The van der Waals surface area contributed by atoms with Gasteiger partial charge in [0.05, 0.1) is 6.07 Å². The van der Waals surface area contributed by atoms with Crippen LogP contribution in [0.15, 0.2) is 24.3 Å². The van der Waals surface area contributed by atoms with Crippen molar-refractivity contribution in [3.05, 3.63) is 35.4 Å². The minimum absolute atomic E-state index is 0.0868. The molecule has 1 aromatic carbocycles. The molecular weight excluding hydrogens is 174 g/mol. The largest absolute Gasteiger partial charge is 0.298 e. The van der Waals surface area contributed by atoms with Crippen molar-refractivity contribution in [1.29, 1.82) is 5.26 Å². The first-order valence-electron chi connectivity index (χ1n) is 4.80. The molecule has 0 unspecified atom stereocenters. The maximum absolute atomic E-state index is 11.5. The van der Waals surface area contributed by atoms with E-state index < -0.39 is 5.92 Å². The van der Waals surface area contributed by atoms with Crippen LogP contribution in [0.2, 0.25) is 0 Å². The smallest absolute Gasteiger partial charge is 0.150 e. The molecule has 14 heavy (non-hydrogen) atoms. The number of carbonyl (C=O) groups excluding carboxylic acids is 1. The summed E-state index contributed by atoms with van der Waals surface area (Å²) < 4.78 is 0. The molecule has 0 heterocycles. The fourth-order valence-electron chi connectivity index (χ4n) is 1.88. The van der Waals surface area contributed by atoms with Crippen LogP contribution in [0.5, 0.6) is 0 Å². The number of aryl methyl sites for hydroxylation is 1. The number of hydrogen-bond acceptors (Lipinski definition) is 2. The van der Waals surface area contributed by atoms with Crippen molar-refractivity contribution >= 4 is 5.78 Å². The van der Waals surface area contributed by atoms with Crippen LogP contribution in [0.3, 0.4) is 0 Å². The third-order valence-electron chi connectivity index (χ3n) is 2.73. The number of hydrogen-bond donors (Lipinski definition) is 0. The molecule has 0 radical (unpaired) electrons. The number of fused-ring (bicyclic) bond motifs is 1. The van der Waals surface area contributed by atoms with E-state index in [0.29, 0.717) is 12.8 Å². The lowest BCUT2D eigenvalue weighted by Crippen LogP contribution is -2.12. The van der Waals surface area contributed by atoms with Gasteiger partial charge in [0.2, 0.25) is 0 Å². The van der Waals surface area contributed by atoms with Gasteiger partial charge in [0, 0.05) is 6.42 Å². The molecule has 0 aliphatic heterocycles. The molecule has 1 aliphatic carbocycles. The highest BCUT2D eigenvalue weighted by Crippen LogP contribution is 2.21. The van der Waals surface area contributed by atoms with Gasteiger partial charge in [-0.25, -0.2) is 0 Å². The SMILES string of the molecule is N#C[C@H]1Cc2ccccc2CCC1=O. The van der Waals surface area contributed by atoms with E-state index in [1.807, 2.05) is 24.3 Å². The second kappa shape index (κ2) is 3.63. The van der Waals surface area contributed by atoms with E-state index in [1.165, 1.54) is 5.56 Å². The van der Waals surface area contributed by atoms with Crippen LogP contribution < -0.4 is 0 Å². The summed E-state index contributed by atoms with van der Waals surface area (Å²) in [4.78, 5) is 11.5. The predicted octanol–water partition coefficient (Wildman–Crippen LogP) is 1.88. The summed E-state index contributed by atoms with van der Waals surface area (Å²) in [5, 5.41) is 8.84. The van der Waals surface area contributed by atoms with Crippen LogP contribution in [0.1, 0.15) is 17.5 Å². The lowest BCUT2D eigenvalue weighted by atomic mass is 9.97. The molecule has 1 aliphatic rings. The minimum Gasteiger partial charge on any atom is -0.298 e. The molecule has 0 bridgehead atoms. The van der Waals surface area contributed by atoms with E-state index in [-0.39, 0.29) is 5.78 Å². The summed E-state index contributed by atoms with van der Waals surface area (Å²) in [6.07, 6.45) is 1.88. The van der Waals surface area contributed by atoms with Gasteiger partial charge in [-0.3, -0.25) is 4.79 Å². The number of benzene rings is 1. The number of rotatable bonds is 0. The van der Waals surface area contributed by atoms with Crippen molar-refractivity contribution < 1.29 is 4.79 Å². The van der Waals surface area contributed by atoms with Gasteiger partial charge in [-0.15, -0.1) is 0 Å². The van der Waals surface area contributed by atoms with Gasteiger partial charge in [-0.2, -0.15) is 5.26 Å². The summed E-state index contributed by atoms with van der Waals surface area (Å²) in [6.45, 7) is 0. The second-order valence-corrected chi connectivity index (χ2v) is 3.62. The highest BCUT2D eigenvalue weighted by Gasteiger charge is 2.22. The molecule has 0 amide bonds. The number of nitriles is 1. The highest BCUT2D eigenvalue weighted by atomic mass is 16.1. The van der Waals surface area contributed by atoms with Gasteiger partial charge in [0.15, 0.2) is 5.78 Å². The first-order valence-corrected chi connectivity index (χ1v) is 4.80. The third-order valence-corrected chi connectivity index (χ3v) is 2.73. The zero-order valence-electron chi connectivity index (χ0n) is 7.86. The predicted molar refractivity (Wildman–Crippen MR) is 52.6 cm³/mol. The quantitative estimate of drug-likeness (QED) is 0.579. The average Bonchev–Trinajstić information content (AvgIpc) is 2.38. The lowest BCUT2D eigenvalue weighted by molar-refractivity contribution is -0.121. The topological polar surface area (TPSA) is 40.9 Å². The molecule has 0 saturated carbocycles. The van der Waals surface area contributed by atoms with Gasteiger partial charge in [0.25, 0.3) is 0 Å². The van der Waals surface area contributed by atoms with E-state index in [4.69, 9.17) is 5.26 Å². The van der Waals surface area contributed by atoms with Crippen molar-refractivity contribution in [3.63, 3.8) is 0 Å². The fraction of sp³-hybridized carbons (Fsp3) is 0.333. The van der Waals surface area contributed by atoms with Gasteiger partial charge < -0.3 is 0 Å². The van der Waals surface area contributed by atoms with Crippen molar-refractivity contribution in [3.8, 4) is 6.07 Å². The molecule has 70 valence electrons. The molecule has 1 aromatic rings. The lowest BCUT2D eigenvalue weighted by Gasteiger charge is -2.04.